The molecule has 3 aromatic heterocycles. The SMILES string of the molecule is N#C/C(c1nnc2n1CCCCC2)=c1\s/c(=C\c2cccnc2)c(=O)n1-c1ccccc1. The number of aromatic nitrogens is 5. The highest BCUT2D eigenvalue weighted by Crippen LogP contribution is 2.18. The smallest absolute Gasteiger partial charge is 0.273 e. The van der Waals surface area contributed by atoms with E-state index in [1.54, 1.807) is 17.0 Å². The molecule has 0 aliphatic carbocycles. The van der Waals surface area contributed by atoms with Crippen molar-refractivity contribution in [1.82, 2.24) is 24.3 Å². The van der Waals surface area contributed by atoms with Crippen molar-refractivity contribution in [2.45, 2.75) is 32.2 Å². The van der Waals surface area contributed by atoms with Crippen LogP contribution in [-0.2, 0) is 13.0 Å². The predicted octanol–water partition coefficient (Wildman–Crippen LogP) is 2.16. The van der Waals surface area contributed by atoms with Crippen molar-refractivity contribution in [2.24, 2.45) is 0 Å². The Bertz CT molecular complexity index is 1480. The Labute approximate surface area is 188 Å². The molecular weight excluding hydrogens is 420 g/mol. The summed E-state index contributed by atoms with van der Waals surface area (Å²) in [5.41, 5.74) is 1.72. The van der Waals surface area contributed by atoms with Crippen LogP contribution in [0.15, 0.2) is 59.7 Å². The maximum atomic E-state index is 13.5. The number of benzene rings is 1. The minimum Gasteiger partial charge on any atom is -0.310 e. The van der Waals surface area contributed by atoms with Crippen molar-refractivity contribution in [3.63, 3.8) is 0 Å². The standard InChI is InChI=1S/C24H20N6OS/c25-15-19(22-28-27-21-11-5-2-6-13-29(21)22)24-30(18-9-3-1-4-10-18)23(31)20(32-24)14-17-8-7-12-26-16-17/h1,3-4,7-10,12,14,16H,2,5-6,11,13H2/b20-14-,24-19+. The quantitative estimate of drug-likeness (QED) is 0.487. The summed E-state index contributed by atoms with van der Waals surface area (Å²) < 4.78 is 4.72. The van der Waals surface area contributed by atoms with E-state index in [-0.39, 0.29) is 5.56 Å². The fourth-order valence-electron chi connectivity index (χ4n) is 3.94. The van der Waals surface area contributed by atoms with E-state index < -0.39 is 0 Å². The number of rotatable bonds is 3. The van der Waals surface area contributed by atoms with Gasteiger partial charge in [0, 0.05) is 25.4 Å². The lowest BCUT2D eigenvalue weighted by Crippen LogP contribution is -2.31. The van der Waals surface area contributed by atoms with Crippen LogP contribution in [0.25, 0.3) is 17.3 Å². The minimum absolute atomic E-state index is 0.177. The van der Waals surface area contributed by atoms with Gasteiger partial charge in [-0.25, -0.2) is 0 Å². The second kappa shape index (κ2) is 8.73. The molecule has 1 aliphatic rings. The zero-order valence-electron chi connectivity index (χ0n) is 17.3. The topological polar surface area (TPSA) is 89.4 Å². The number of nitrogens with zero attached hydrogens (tertiary/aromatic N) is 6. The van der Waals surface area contributed by atoms with Crippen molar-refractivity contribution in [1.29, 1.82) is 5.26 Å². The van der Waals surface area contributed by atoms with E-state index in [0.29, 0.717) is 26.3 Å². The van der Waals surface area contributed by atoms with Crippen LogP contribution in [0.4, 0.5) is 0 Å². The number of para-hydroxylation sites is 1. The normalized spacial score (nSPS) is 15.0. The molecule has 0 N–H and O–H groups in total. The highest BCUT2D eigenvalue weighted by Gasteiger charge is 2.21. The van der Waals surface area contributed by atoms with Crippen LogP contribution < -0.4 is 14.8 Å². The molecule has 0 bridgehead atoms. The third-order valence-electron chi connectivity index (χ3n) is 5.48. The Kier molecular flexibility index (Phi) is 5.48. The molecule has 8 heteroatoms. The van der Waals surface area contributed by atoms with E-state index in [0.717, 1.165) is 43.6 Å². The molecule has 0 atom stereocenters. The van der Waals surface area contributed by atoms with Crippen LogP contribution in [-0.4, -0.2) is 24.3 Å². The summed E-state index contributed by atoms with van der Waals surface area (Å²) in [7, 11) is 0. The van der Waals surface area contributed by atoms with Crippen LogP contribution in [0.3, 0.4) is 0 Å². The molecule has 4 heterocycles. The third kappa shape index (κ3) is 3.67. The first-order chi connectivity index (χ1) is 15.8. The van der Waals surface area contributed by atoms with Crippen molar-refractivity contribution in [3.8, 4) is 11.8 Å². The molecule has 1 aliphatic heterocycles. The first-order valence-electron chi connectivity index (χ1n) is 10.5. The van der Waals surface area contributed by atoms with Crippen LogP contribution in [0.1, 0.15) is 36.5 Å². The molecule has 7 nitrogen and oxygen atoms in total. The summed E-state index contributed by atoms with van der Waals surface area (Å²) in [6, 6.07) is 15.4. The van der Waals surface area contributed by atoms with Gasteiger partial charge in [-0.05, 0) is 42.7 Å². The molecule has 1 aromatic carbocycles. The van der Waals surface area contributed by atoms with Crippen molar-refractivity contribution >= 4 is 23.0 Å². The predicted molar refractivity (Wildman–Crippen MR) is 123 cm³/mol. The van der Waals surface area contributed by atoms with Crippen LogP contribution in [0, 0.1) is 11.3 Å². The molecule has 32 heavy (non-hydrogen) atoms. The van der Waals surface area contributed by atoms with Gasteiger partial charge in [0.15, 0.2) is 5.82 Å². The van der Waals surface area contributed by atoms with E-state index in [4.69, 9.17) is 0 Å². The Hall–Kier alpha value is -3.83. The summed E-state index contributed by atoms with van der Waals surface area (Å²) in [5, 5.41) is 18.9. The van der Waals surface area contributed by atoms with Crippen molar-refractivity contribution in [3.05, 3.63) is 91.6 Å². The molecule has 0 saturated heterocycles. The van der Waals surface area contributed by atoms with Crippen molar-refractivity contribution in [2.75, 3.05) is 0 Å². The fraction of sp³-hybridized carbons (Fsp3) is 0.208. The molecule has 4 aromatic rings. The molecule has 0 unspecified atom stereocenters. The summed E-state index contributed by atoms with van der Waals surface area (Å²) in [6.45, 7) is 0.776. The van der Waals surface area contributed by atoms with Crippen LogP contribution in [0.5, 0.6) is 0 Å². The monoisotopic (exact) mass is 440 g/mol. The molecule has 0 fully saturated rings. The minimum atomic E-state index is -0.177. The maximum Gasteiger partial charge on any atom is 0.273 e. The average molecular weight is 441 g/mol. The van der Waals surface area contributed by atoms with Crippen molar-refractivity contribution < 1.29 is 0 Å². The highest BCUT2D eigenvalue weighted by molar-refractivity contribution is 7.07. The van der Waals surface area contributed by atoms with Gasteiger partial charge in [-0.3, -0.25) is 14.3 Å². The van der Waals surface area contributed by atoms with Gasteiger partial charge >= 0.3 is 0 Å². The summed E-state index contributed by atoms with van der Waals surface area (Å²) in [4.78, 5) is 17.6. The number of hydrogen-bond donors (Lipinski definition) is 0. The number of hydrogen-bond acceptors (Lipinski definition) is 6. The van der Waals surface area contributed by atoms with Gasteiger partial charge in [-0.2, -0.15) is 5.26 Å². The van der Waals surface area contributed by atoms with E-state index in [1.807, 2.05) is 53.1 Å². The molecule has 0 radical (unpaired) electrons. The van der Waals surface area contributed by atoms with E-state index in [2.05, 4.69) is 21.3 Å². The van der Waals surface area contributed by atoms with Crippen LogP contribution >= 0.6 is 11.3 Å². The van der Waals surface area contributed by atoms with Gasteiger partial charge < -0.3 is 4.57 Å². The summed E-state index contributed by atoms with van der Waals surface area (Å²) in [5.74, 6) is 1.43. The first kappa shape index (κ1) is 20.1. The molecule has 0 amide bonds. The van der Waals surface area contributed by atoms with E-state index in [1.165, 1.54) is 11.3 Å². The number of fused-ring (bicyclic) bond motifs is 1. The van der Waals surface area contributed by atoms with E-state index in [9.17, 15) is 10.1 Å². The second-order valence-corrected chi connectivity index (χ2v) is 8.60. The van der Waals surface area contributed by atoms with E-state index >= 15 is 0 Å². The Morgan fingerprint density at radius 1 is 1.09 bits per heavy atom. The first-order valence-corrected chi connectivity index (χ1v) is 11.3. The molecule has 0 saturated carbocycles. The van der Waals surface area contributed by atoms with Gasteiger partial charge in [0.1, 0.15) is 22.1 Å². The fourth-order valence-corrected chi connectivity index (χ4v) is 5.04. The number of thiazole rings is 1. The van der Waals surface area contributed by atoms with Gasteiger partial charge in [0.25, 0.3) is 5.56 Å². The Balaban J connectivity index is 1.84. The zero-order valence-corrected chi connectivity index (χ0v) is 18.1. The Morgan fingerprint density at radius 2 is 1.97 bits per heavy atom. The average Bonchev–Trinajstić information content (AvgIpc) is 3.27. The molecule has 5 rings (SSSR count). The Morgan fingerprint density at radius 3 is 2.75 bits per heavy atom. The maximum absolute atomic E-state index is 13.5. The third-order valence-corrected chi connectivity index (χ3v) is 6.57. The molecular formula is C24H20N6OS. The zero-order chi connectivity index (χ0) is 21.9. The number of aryl methyl sites for hydroxylation is 1. The van der Waals surface area contributed by atoms with Gasteiger partial charge in [-0.15, -0.1) is 21.5 Å². The molecule has 158 valence electrons. The second-order valence-electron chi connectivity index (χ2n) is 7.57. The largest absolute Gasteiger partial charge is 0.310 e. The number of nitriles is 1. The summed E-state index contributed by atoms with van der Waals surface area (Å²) >= 11 is 1.29. The molecule has 0 spiro atoms. The number of pyridine rings is 1. The van der Waals surface area contributed by atoms with Gasteiger partial charge in [0.2, 0.25) is 0 Å². The lowest BCUT2D eigenvalue weighted by molar-refractivity contribution is 0.627. The van der Waals surface area contributed by atoms with Crippen LogP contribution in [0.2, 0.25) is 0 Å². The summed E-state index contributed by atoms with van der Waals surface area (Å²) in [6.07, 6.45) is 9.27. The van der Waals surface area contributed by atoms with Gasteiger partial charge in [-0.1, -0.05) is 30.7 Å². The lowest BCUT2D eigenvalue weighted by Gasteiger charge is -2.07. The van der Waals surface area contributed by atoms with Gasteiger partial charge in [0.05, 0.1) is 10.2 Å². The lowest BCUT2D eigenvalue weighted by atomic mass is 10.2. The highest BCUT2D eigenvalue weighted by atomic mass is 32.1.